The average Bonchev–Trinajstić information content (AvgIpc) is 2.46. The Bertz CT molecular complexity index is 444. The van der Waals surface area contributed by atoms with Gasteiger partial charge in [-0.2, -0.15) is 0 Å². The smallest absolute Gasteiger partial charge is 0.124 e. The van der Waals surface area contributed by atoms with Crippen molar-refractivity contribution in [3.63, 3.8) is 0 Å². The van der Waals surface area contributed by atoms with Crippen LogP contribution in [0.25, 0.3) is 0 Å². The molecule has 5 nitrogen and oxygen atoms in total. The van der Waals surface area contributed by atoms with Gasteiger partial charge in [-0.1, -0.05) is 18.2 Å². The van der Waals surface area contributed by atoms with Crippen molar-refractivity contribution in [1.82, 2.24) is 4.90 Å². The molecule has 0 aliphatic carbocycles. The molecule has 0 spiro atoms. The van der Waals surface area contributed by atoms with E-state index in [2.05, 4.69) is 18.7 Å². The Kier molecular flexibility index (Phi) is 6.64. The number of nitrogens with zero attached hydrogens (tertiary/aromatic N) is 1. The highest BCUT2D eigenvalue weighted by Crippen LogP contribution is 2.18. The molecule has 1 saturated heterocycles. The van der Waals surface area contributed by atoms with E-state index in [0.29, 0.717) is 19.8 Å². The van der Waals surface area contributed by atoms with E-state index in [1.54, 1.807) is 7.11 Å². The number of hydrogen-bond acceptors (Lipinski definition) is 5. The van der Waals surface area contributed by atoms with Gasteiger partial charge in [-0.15, -0.1) is 0 Å². The molecule has 124 valence electrons. The Morgan fingerprint density at radius 3 is 2.64 bits per heavy atom. The Morgan fingerprint density at radius 2 is 1.95 bits per heavy atom. The van der Waals surface area contributed by atoms with Gasteiger partial charge in [-0.3, -0.25) is 4.90 Å². The Labute approximate surface area is 132 Å². The van der Waals surface area contributed by atoms with Gasteiger partial charge in [0.15, 0.2) is 0 Å². The van der Waals surface area contributed by atoms with Crippen LogP contribution in [0, 0.1) is 0 Å². The van der Waals surface area contributed by atoms with Crippen molar-refractivity contribution in [2.24, 2.45) is 0 Å². The predicted octanol–water partition coefficient (Wildman–Crippen LogP) is 1.68. The highest BCUT2D eigenvalue weighted by Gasteiger charge is 2.23. The number of hydrogen-bond donors (Lipinski definition) is 1. The molecule has 1 N–H and O–H groups in total. The zero-order valence-corrected chi connectivity index (χ0v) is 13.7. The number of aliphatic hydroxyl groups is 1. The summed E-state index contributed by atoms with van der Waals surface area (Å²) < 4.78 is 16.6. The fourth-order valence-corrected chi connectivity index (χ4v) is 2.91. The first-order valence-corrected chi connectivity index (χ1v) is 7.84. The van der Waals surface area contributed by atoms with Crippen LogP contribution in [0.1, 0.15) is 19.4 Å². The molecule has 1 heterocycles. The van der Waals surface area contributed by atoms with Crippen molar-refractivity contribution in [1.29, 1.82) is 0 Å². The number of benzene rings is 1. The lowest BCUT2D eigenvalue weighted by Crippen LogP contribution is -2.48. The second-order valence-electron chi connectivity index (χ2n) is 5.96. The quantitative estimate of drug-likeness (QED) is 0.830. The molecule has 1 aromatic rings. The molecule has 1 fully saturated rings. The molecular formula is C17H27NO4. The Balaban J connectivity index is 1.72. The molecule has 1 aliphatic rings. The van der Waals surface area contributed by atoms with Crippen molar-refractivity contribution in [3.05, 3.63) is 29.8 Å². The third-order valence-electron chi connectivity index (χ3n) is 3.72. The second kappa shape index (κ2) is 8.48. The van der Waals surface area contributed by atoms with E-state index in [1.807, 2.05) is 24.3 Å². The second-order valence-corrected chi connectivity index (χ2v) is 5.96. The van der Waals surface area contributed by atoms with Crippen LogP contribution in [0.15, 0.2) is 24.3 Å². The first kappa shape index (κ1) is 17.2. The summed E-state index contributed by atoms with van der Waals surface area (Å²) in [5.74, 6) is 0.813. The fraction of sp³-hybridized carbons (Fsp3) is 0.647. The number of β-amino-alcohol motifs (C(OH)–C–C–N with tert-alkyl or cyclic N) is 1. The van der Waals surface area contributed by atoms with E-state index in [9.17, 15) is 5.11 Å². The minimum absolute atomic E-state index is 0.213. The van der Waals surface area contributed by atoms with Gasteiger partial charge in [0.2, 0.25) is 0 Å². The maximum atomic E-state index is 10.1. The largest absolute Gasteiger partial charge is 0.496 e. The van der Waals surface area contributed by atoms with Crippen LogP contribution in [0.4, 0.5) is 0 Å². The fourth-order valence-electron chi connectivity index (χ4n) is 2.91. The number of aliphatic hydroxyl groups excluding tert-OH is 1. The molecule has 0 bridgehead atoms. The van der Waals surface area contributed by atoms with E-state index in [1.165, 1.54) is 0 Å². The first-order valence-electron chi connectivity index (χ1n) is 7.84. The minimum Gasteiger partial charge on any atom is -0.496 e. The number of ether oxygens (including phenoxy) is 3. The summed E-state index contributed by atoms with van der Waals surface area (Å²) >= 11 is 0. The number of methoxy groups -OCH3 is 1. The van der Waals surface area contributed by atoms with Gasteiger partial charge in [0.05, 0.1) is 38.6 Å². The minimum atomic E-state index is -0.493. The topological polar surface area (TPSA) is 51.2 Å². The molecular weight excluding hydrogens is 282 g/mol. The van der Waals surface area contributed by atoms with Gasteiger partial charge in [0.1, 0.15) is 5.75 Å². The third-order valence-corrected chi connectivity index (χ3v) is 3.72. The van der Waals surface area contributed by atoms with Crippen LogP contribution in [-0.4, -0.2) is 61.7 Å². The highest BCUT2D eigenvalue weighted by molar-refractivity contribution is 5.32. The summed E-state index contributed by atoms with van der Waals surface area (Å²) in [5, 5.41) is 10.1. The van der Waals surface area contributed by atoms with Gasteiger partial charge in [0, 0.05) is 25.2 Å². The van der Waals surface area contributed by atoms with Crippen LogP contribution in [0.3, 0.4) is 0 Å². The molecule has 0 radical (unpaired) electrons. The number of morpholine rings is 1. The van der Waals surface area contributed by atoms with Gasteiger partial charge >= 0.3 is 0 Å². The van der Waals surface area contributed by atoms with E-state index in [4.69, 9.17) is 14.2 Å². The molecule has 0 amide bonds. The van der Waals surface area contributed by atoms with Crippen molar-refractivity contribution in [2.45, 2.75) is 38.8 Å². The van der Waals surface area contributed by atoms with E-state index < -0.39 is 6.10 Å². The van der Waals surface area contributed by atoms with Crippen LogP contribution in [0.2, 0.25) is 0 Å². The van der Waals surface area contributed by atoms with Crippen molar-refractivity contribution < 1.29 is 19.3 Å². The monoisotopic (exact) mass is 309 g/mol. The Hall–Kier alpha value is -1.14. The molecule has 1 aromatic carbocycles. The first-order chi connectivity index (χ1) is 10.6. The van der Waals surface area contributed by atoms with Crippen molar-refractivity contribution in [3.8, 4) is 5.75 Å². The van der Waals surface area contributed by atoms with Gasteiger partial charge in [-0.25, -0.2) is 0 Å². The average molecular weight is 309 g/mol. The maximum Gasteiger partial charge on any atom is 0.124 e. The molecule has 3 atom stereocenters. The summed E-state index contributed by atoms with van der Waals surface area (Å²) in [4.78, 5) is 2.23. The molecule has 0 saturated carbocycles. The zero-order valence-electron chi connectivity index (χ0n) is 13.7. The molecule has 0 unspecified atom stereocenters. The van der Waals surface area contributed by atoms with E-state index in [0.717, 1.165) is 24.4 Å². The van der Waals surface area contributed by atoms with Gasteiger partial charge in [0.25, 0.3) is 0 Å². The van der Waals surface area contributed by atoms with Crippen LogP contribution < -0.4 is 4.74 Å². The molecule has 1 aliphatic heterocycles. The highest BCUT2D eigenvalue weighted by atomic mass is 16.5. The van der Waals surface area contributed by atoms with Crippen LogP contribution in [-0.2, 0) is 16.1 Å². The Morgan fingerprint density at radius 1 is 1.27 bits per heavy atom. The summed E-state index contributed by atoms with van der Waals surface area (Å²) in [6, 6.07) is 7.76. The van der Waals surface area contributed by atoms with Crippen LogP contribution in [0.5, 0.6) is 5.75 Å². The summed E-state index contributed by atoms with van der Waals surface area (Å²) in [5.41, 5.74) is 0.991. The van der Waals surface area contributed by atoms with Crippen molar-refractivity contribution in [2.75, 3.05) is 33.4 Å². The number of rotatable bonds is 7. The SMILES string of the molecule is COc1ccccc1COC[C@H](O)CN1C[C@@H](C)O[C@H](C)C1. The van der Waals surface area contributed by atoms with Gasteiger partial charge < -0.3 is 19.3 Å². The summed E-state index contributed by atoms with van der Waals surface area (Å²) in [6.07, 6.45) is -0.0666. The molecule has 0 aromatic heterocycles. The lowest BCUT2D eigenvalue weighted by Gasteiger charge is -2.36. The zero-order chi connectivity index (χ0) is 15.9. The lowest BCUT2D eigenvalue weighted by molar-refractivity contribution is -0.0826. The third kappa shape index (κ3) is 5.25. The standard InChI is InChI=1S/C17H27NO4/c1-13-8-18(9-14(2)22-13)10-16(19)12-21-11-15-6-4-5-7-17(15)20-3/h4-7,13-14,16,19H,8-12H2,1-3H3/t13-,14-,16-/m1/s1. The molecule has 2 rings (SSSR count). The van der Waals surface area contributed by atoms with Gasteiger partial charge in [-0.05, 0) is 19.9 Å². The number of para-hydroxylation sites is 1. The molecule has 5 heteroatoms. The maximum absolute atomic E-state index is 10.1. The van der Waals surface area contributed by atoms with Crippen LogP contribution >= 0.6 is 0 Å². The predicted molar refractivity (Wildman–Crippen MR) is 85.1 cm³/mol. The van der Waals surface area contributed by atoms with Crippen molar-refractivity contribution >= 4 is 0 Å². The normalized spacial score (nSPS) is 24.2. The van der Waals surface area contributed by atoms with E-state index in [-0.39, 0.29) is 12.2 Å². The van der Waals surface area contributed by atoms with E-state index >= 15 is 0 Å². The molecule has 22 heavy (non-hydrogen) atoms. The summed E-state index contributed by atoms with van der Waals surface area (Å²) in [6.45, 7) is 7.21. The summed E-state index contributed by atoms with van der Waals surface area (Å²) in [7, 11) is 1.65. The lowest BCUT2D eigenvalue weighted by atomic mass is 10.2.